The zero-order valence-corrected chi connectivity index (χ0v) is 19.0. The summed E-state index contributed by atoms with van der Waals surface area (Å²) in [5.41, 5.74) is 6.52. The molecule has 0 bridgehead atoms. The number of nitrogens with two attached hydrogens (primary N) is 1. The molecule has 1 saturated heterocycles. The molecule has 1 amide bonds. The number of carboxylic acid groups (broad SMARTS) is 1. The number of nitrogens with zero attached hydrogens (tertiary/aromatic N) is 2. The van der Waals surface area contributed by atoms with E-state index in [1.807, 2.05) is 50.8 Å². The minimum absolute atomic E-state index is 0.0904. The maximum atomic E-state index is 12.8. The Bertz CT molecular complexity index is 756. The second kappa shape index (κ2) is 10.1. The van der Waals surface area contributed by atoms with Gasteiger partial charge in [-0.15, -0.1) is 0 Å². The summed E-state index contributed by atoms with van der Waals surface area (Å²) in [4.78, 5) is 28.0. The Balaban J connectivity index is 2.05. The highest BCUT2D eigenvalue weighted by molar-refractivity contribution is 6.33. The largest absolute Gasteiger partial charge is 0.481 e. The number of benzene rings is 1. The van der Waals surface area contributed by atoms with Gasteiger partial charge in [-0.3, -0.25) is 14.5 Å². The highest BCUT2D eigenvalue weighted by Gasteiger charge is 2.40. The molecule has 0 aliphatic carbocycles. The van der Waals surface area contributed by atoms with Crippen molar-refractivity contribution in [2.45, 2.75) is 58.2 Å². The van der Waals surface area contributed by atoms with Crippen LogP contribution in [0.5, 0.6) is 0 Å². The fourth-order valence-electron chi connectivity index (χ4n) is 3.95. The van der Waals surface area contributed by atoms with Crippen molar-refractivity contribution in [2.24, 2.45) is 17.6 Å². The van der Waals surface area contributed by atoms with E-state index >= 15 is 0 Å². The van der Waals surface area contributed by atoms with Gasteiger partial charge in [-0.05, 0) is 44.7 Å². The summed E-state index contributed by atoms with van der Waals surface area (Å²) in [5, 5.41) is 20.5. The van der Waals surface area contributed by atoms with Crippen molar-refractivity contribution in [3.05, 3.63) is 29.3 Å². The molecule has 3 atom stereocenters. The topological polar surface area (TPSA) is 107 Å². The number of carbonyl (C=O) groups excluding carboxylic acids is 1. The van der Waals surface area contributed by atoms with E-state index < -0.39 is 29.6 Å². The quantitative estimate of drug-likeness (QED) is 0.546. The van der Waals surface area contributed by atoms with Crippen LogP contribution in [-0.4, -0.2) is 64.3 Å². The lowest BCUT2D eigenvalue weighted by Crippen LogP contribution is -2.64. The zero-order valence-electron chi connectivity index (χ0n) is 18.2. The summed E-state index contributed by atoms with van der Waals surface area (Å²) in [7, 11) is 0. The van der Waals surface area contributed by atoms with Crippen molar-refractivity contribution in [3.63, 3.8) is 0 Å². The van der Waals surface area contributed by atoms with E-state index in [0.29, 0.717) is 30.2 Å². The molecule has 0 radical (unpaired) electrons. The fraction of sp³-hybridized carbons (Fsp3) is 0.636. The van der Waals surface area contributed by atoms with E-state index in [2.05, 4.69) is 0 Å². The van der Waals surface area contributed by atoms with Crippen LogP contribution in [0.2, 0.25) is 5.02 Å². The molecule has 0 saturated carbocycles. The standard InChI is InChI=1S/C22H34ClN3O4/c1-14(2)9-15(21(29)30)10-19(27)17(24)11-25-12-20(28)26(13-22(25,3)4)18-8-6-5-7-16(18)23/h5-8,14-15,17,19,27H,9-13,24H2,1-4H3,(H,29,30)/t15-,17+,19+/m1/s1. The average molecular weight is 440 g/mol. The van der Waals surface area contributed by atoms with Gasteiger partial charge < -0.3 is 20.8 Å². The third kappa shape index (κ3) is 6.17. The number of amides is 1. The highest BCUT2D eigenvalue weighted by Crippen LogP contribution is 2.31. The number of aliphatic hydroxyl groups excluding tert-OH is 1. The summed E-state index contributed by atoms with van der Waals surface area (Å²) >= 11 is 6.28. The molecule has 0 aromatic heterocycles. The maximum Gasteiger partial charge on any atom is 0.306 e. The Kier molecular flexibility index (Phi) is 8.27. The van der Waals surface area contributed by atoms with Crippen molar-refractivity contribution >= 4 is 29.2 Å². The molecule has 1 heterocycles. The van der Waals surface area contributed by atoms with Gasteiger partial charge in [0, 0.05) is 24.7 Å². The smallest absolute Gasteiger partial charge is 0.306 e. The number of anilines is 1. The molecule has 8 heteroatoms. The Hall–Kier alpha value is -1.67. The predicted octanol–water partition coefficient (Wildman–Crippen LogP) is 2.59. The van der Waals surface area contributed by atoms with Crippen molar-refractivity contribution in [3.8, 4) is 0 Å². The first kappa shape index (κ1) is 24.6. The average Bonchev–Trinajstić information content (AvgIpc) is 2.64. The van der Waals surface area contributed by atoms with Gasteiger partial charge in [-0.2, -0.15) is 0 Å². The van der Waals surface area contributed by atoms with Crippen LogP contribution in [0.3, 0.4) is 0 Å². The number of para-hydroxylation sites is 1. The summed E-state index contributed by atoms with van der Waals surface area (Å²) < 4.78 is 0. The van der Waals surface area contributed by atoms with Crippen LogP contribution >= 0.6 is 11.6 Å². The summed E-state index contributed by atoms with van der Waals surface area (Å²) in [6, 6.07) is 6.59. The maximum absolute atomic E-state index is 12.8. The molecule has 1 aromatic carbocycles. The van der Waals surface area contributed by atoms with E-state index in [0.717, 1.165) is 0 Å². The summed E-state index contributed by atoms with van der Waals surface area (Å²) in [6.07, 6.45) is -0.375. The van der Waals surface area contributed by atoms with Gasteiger partial charge in [0.05, 0.1) is 29.3 Å². The Morgan fingerprint density at radius 1 is 1.27 bits per heavy atom. The Labute approximate surface area is 183 Å². The number of piperazine rings is 1. The molecule has 0 spiro atoms. The van der Waals surface area contributed by atoms with Gasteiger partial charge in [-0.1, -0.05) is 37.6 Å². The van der Waals surface area contributed by atoms with Gasteiger partial charge in [-0.25, -0.2) is 0 Å². The number of carboxylic acids is 1. The number of hydrogen-bond acceptors (Lipinski definition) is 5. The van der Waals surface area contributed by atoms with Crippen LogP contribution in [0, 0.1) is 11.8 Å². The third-order valence-corrected chi connectivity index (χ3v) is 6.05. The van der Waals surface area contributed by atoms with Crippen LogP contribution in [0.4, 0.5) is 5.69 Å². The Morgan fingerprint density at radius 3 is 2.47 bits per heavy atom. The van der Waals surface area contributed by atoms with Crippen LogP contribution in [0.15, 0.2) is 24.3 Å². The van der Waals surface area contributed by atoms with Crippen molar-refractivity contribution in [2.75, 3.05) is 24.5 Å². The monoisotopic (exact) mass is 439 g/mol. The molecule has 2 rings (SSSR count). The second-order valence-electron chi connectivity index (χ2n) is 9.26. The first-order valence-corrected chi connectivity index (χ1v) is 10.8. The molecule has 1 aliphatic heterocycles. The molecule has 1 aliphatic rings. The molecular formula is C22H34ClN3O4. The van der Waals surface area contributed by atoms with E-state index in [1.54, 1.807) is 11.0 Å². The van der Waals surface area contributed by atoms with E-state index in [9.17, 15) is 19.8 Å². The zero-order chi connectivity index (χ0) is 22.6. The fourth-order valence-corrected chi connectivity index (χ4v) is 4.19. The number of rotatable bonds is 9. The molecular weight excluding hydrogens is 406 g/mol. The second-order valence-corrected chi connectivity index (χ2v) is 9.66. The van der Waals surface area contributed by atoms with E-state index in [1.165, 1.54) is 0 Å². The predicted molar refractivity (Wildman–Crippen MR) is 119 cm³/mol. The van der Waals surface area contributed by atoms with E-state index in [-0.39, 0.29) is 24.8 Å². The number of hydrogen-bond donors (Lipinski definition) is 3. The molecule has 0 unspecified atom stereocenters. The minimum atomic E-state index is -0.961. The van der Waals surface area contributed by atoms with Crippen LogP contribution in [-0.2, 0) is 9.59 Å². The normalized spacial score (nSPS) is 20.3. The van der Waals surface area contributed by atoms with Crippen LogP contribution in [0.1, 0.15) is 40.5 Å². The molecule has 168 valence electrons. The summed E-state index contributed by atoms with van der Waals surface area (Å²) in [5.74, 6) is -1.44. The van der Waals surface area contributed by atoms with Crippen LogP contribution in [0.25, 0.3) is 0 Å². The van der Waals surface area contributed by atoms with Crippen molar-refractivity contribution in [1.82, 2.24) is 4.90 Å². The summed E-state index contributed by atoms with van der Waals surface area (Å²) in [6.45, 7) is 8.81. The van der Waals surface area contributed by atoms with Crippen molar-refractivity contribution in [1.29, 1.82) is 0 Å². The van der Waals surface area contributed by atoms with Gasteiger partial charge in [0.25, 0.3) is 0 Å². The minimum Gasteiger partial charge on any atom is -0.481 e. The van der Waals surface area contributed by atoms with E-state index in [4.69, 9.17) is 17.3 Å². The first-order chi connectivity index (χ1) is 13.9. The Morgan fingerprint density at radius 2 is 1.90 bits per heavy atom. The third-order valence-electron chi connectivity index (χ3n) is 5.73. The lowest BCUT2D eigenvalue weighted by Gasteiger charge is -2.47. The first-order valence-electron chi connectivity index (χ1n) is 10.4. The number of aliphatic hydroxyl groups is 1. The molecule has 1 fully saturated rings. The van der Waals surface area contributed by atoms with Crippen LogP contribution < -0.4 is 10.6 Å². The molecule has 7 nitrogen and oxygen atoms in total. The van der Waals surface area contributed by atoms with Crippen molar-refractivity contribution < 1.29 is 19.8 Å². The molecule has 1 aromatic rings. The number of halogens is 1. The molecule has 30 heavy (non-hydrogen) atoms. The molecule has 4 N–H and O–H groups in total. The lowest BCUT2D eigenvalue weighted by atomic mass is 9.89. The van der Waals surface area contributed by atoms with Gasteiger partial charge in [0.15, 0.2) is 0 Å². The lowest BCUT2D eigenvalue weighted by molar-refractivity contribution is -0.143. The number of carbonyl (C=O) groups is 2. The van der Waals surface area contributed by atoms with Gasteiger partial charge in [0.1, 0.15) is 0 Å². The number of aliphatic carboxylic acids is 1. The highest BCUT2D eigenvalue weighted by atomic mass is 35.5. The van der Waals surface area contributed by atoms with Gasteiger partial charge >= 0.3 is 5.97 Å². The van der Waals surface area contributed by atoms with Gasteiger partial charge in [0.2, 0.25) is 5.91 Å². The SMILES string of the molecule is CC(C)C[C@H](C[C@H](O)[C@@H](N)CN1CC(=O)N(c2ccccc2Cl)CC1(C)C)C(=O)O.